The van der Waals surface area contributed by atoms with Crippen LogP contribution in [0.4, 0.5) is 0 Å². The fraction of sp³-hybridized carbons (Fsp3) is 0.846. The van der Waals surface area contributed by atoms with Gasteiger partial charge in [0.15, 0.2) is 0 Å². The average Bonchev–Trinajstić information content (AvgIpc) is 2.21. The van der Waals surface area contributed by atoms with E-state index < -0.39 is 18.4 Å². The topological polar surface area (TPSA) is 9.23 Å². The molecule has 0 bridgehead atoms. The summed E-state index contributed by atoms with van der Waals surface area (Å²) >= 11 is -1.98. The first-order chi connectivity index (χ1) is 7.42. The quantitative estimate of drug-likeness (QED) is 0.633. The van der Waals surface area contributed by atoms with Gasteiger partial charge in [0, 0.05) is 0 Å². The van der Waals surface area contributed by atoms with Crippen molar-refractivity contribution in [2.24, 2.45) is 0 Å². The first-order valence-corrected chi connectivity index (χ1v) is 16.6. The Morgan fingerprint density at radius 1 is 1.06 bits per heavy atom. The van der Waals surface area contributed by atoms with Crippen LogP contribution in [0.15, 0.2) is 9.06 Å². The Labute approximate surface area is 107 Å². The fourth-order valence-corrected chi connectivity index (χ4v) is 7.95. The summed E-state index contributed by atoms with van der Waals surface area (Å²) in [7, 11) is 1.83. The van der Waals surface area contributed by atoms with Gasteiger partial charge < -0.3 is 0 Å². The number of allylic oxidation sites excluding steroid dienone is 1. The number of hydrogen-bond donors (Lipinski definition) is 0. The molecule has 0 aromatic rings. The number of hydrogen-bond acceptors (Lipinski definition) is 1. The van der Waals surface area contributed by atoms with Crippen LogP contribution in [0.25, 0.3) is 0 Å². The summed E-state index contributed by atoms with van der Waals surface area (Å²) in [4.78, 5) is 7.50. The minimum absolute atomic E-state index is 0.783. The van der Waals surface area contributed by atoms with Crippen LogP contribution >= 0.6 is 0 Å². The van der Waals surface area contributed by atoms with Crippen molar-refractivity contribution in [2.75, 3.05) is 13.7 Å². The zero-order valence-electron chi connectivity index (χ0n) is 12.3. The van der Waals surface area contributed by atoms with Gasteiger partial charge in [-0.05, 0) is 0 Å². The second kappa shape index (κ2) is 7.81. The Morgan fingerprint density at radius 2 is 1.56 bits per heavy atom. The fourth-order valence-electron chi connectivity index (χ4n) is 2.47. The molecule has 0 rings (SSSR count). The third-order valence-electron chi connectivity index (χ3n) is 3.44. The maximum absolute atomic E-state index is 5.45. The molecule has 0 aromatic carbocycles. The average molecular weight is 331 g/mol. The van der Waals surface area contributed by atoms with Gasteiger partial charge in [0.1, 0.15) is 0 Å². The molecule has 0 aliphatic rings. The van der Waals surface area contributed by atoms with Crippen LogP contribution in [-0.4, -0.2) is 38.8 Å². The number of ether oxygens (including phenoxy) is 1. The van der Waals surface area contributed by atoms with Crippen molar-refractivity contribution in [1.82, 2.24) is 0 Å². The summed E-state index contributed by atoms with van der Waals surface area (Å²) in [5.41, 5.74) is 1.72. The molecule has 0 fully saturated rings. The van der Waals surface area contributed by atoms with E-state index in [0.717, 1.165) is 13.3 Å². The second-order valence-electron chi connectivity index (χ2n) is 5.55. The third-order valence-corrected chi connectivity index (χ3v) is 9.94. The van der Waals surface area contributed by atoms with Crippen molar-refractivity contribution in [3.05, 3.63) is 9.06 Å². The van der Waals surface area contributed by atoms with Crippen LogP contribution in [0.3, 0.4) is 0 Å². The van der Waals surface area contributed by atoms with Gasteiger partial charge in [-0.25, -0.2) is 0 Å². The monoisotopic (exact) mass is 332 g/mol. The van der Waals surface area contributed by atoms with Crippen molar-refractivity contribution < 1.29 is 4.74 Å². The van der Waals surface area contributed by atoms with Gasteiger partial charge in [0.25, 0.3) is 0 Å². The van der Waals surface area contributed by atoms with E-state index in [0.29, 0.717) is 0 Å². The van der Waals surface area contributed by atoms with E-state index in [4.69, 9.17) is 4.74 Å². The molecule has 0 saturated carbocycles. The molecular weight excluding hydrogens is 302 g/mol. The van der Waals surface area contributed by atoms with Gasteiger partial charge in [0.05, 0.1) is 0 Å². The Hall–Kier alpha value is 0.564. The molecule has 3 heteroatoms. The summed E-state index contributed by atoms with van der Waals surface area (Å²) in [5, 5.41) is 0. The molecule has 0 aromatic heterocycles. The van der Waals surface area contributed by atoms with Gasteiger partial charge in [-0.3, -0.25) is 0 Å². The molecule has 0 aliphatic heterocycles. The molecule has 1 nitrogen and oxygen atoms in total. The summed E-state index contributed by atoms with van der Waals surface area (Å²) < 4.78 is 7.16. The SMILES string of the molecule is CCB(CC)/C(CC)=[C](/COC)[Sn]([CH3])([CH3])[CH3]. The molecule has 0 unspecified atom stereocenters. The van der Waals surface area contributed by atoms with Gasteiger partial charge in [-0.1, -0.05) is 0 Å². The Kier molecular flexibility index (Phi) is 8.08. The second-order valence-corrected chi connectivity index (χ2v) is 20.1. The van der Waals surface area contributed by atoms with Crippen molar-refractivity contribution in [2.45, 2.75) is 54.7 Å². The molecule has 0 radical (unpaired) electrons. The van der Waals surface area contributed by atoms with Crippen LogP contribution in [0.5, 0.6) is 0 Å². The predicted molar refractivity (Wildman–Crippen MR) is 79.3 cm³/mol. The van der Waals surface area contributed by atoms with E-state index in [-0.39, 0.29) is 0 Å². The molecule has 16 heavy (non-hydrogen) atoms. The standard InChI is InChI=1S/C10H20BO.3CH3.Sn/c1-5-10(8-9-12-4)11(6-2)7-3;;;;/h5-7,9H2,1-4H3;3*1H3;. The van der Waals surface area contributed by atoms with Crippen LogP contribution < -0.4 is 0 Å². The molecule has 0 spiro atoms. The van der Waals surface area contributed by atoms with Crippen LogP contribution in [0.2, 0.25) is 27.5 Å². The Bertz CT molecular complexity index is 227. The normalized spacial score (nSPS) is 13.7. The summed E-state index contributed by atoms with van der Waals surface area (Å²) in [6, 6.07) is 0. The number of rotatable bonds is 7. The minimum atomic E-state index is -1.98. The molecule has 0 heterocycles. The maximum atomic E-state index is 5.45. The van der Waals surface area contributed by atoms with Crippen molar-refractivity contribution >= 4 is 25.1 Å². The molecular formula is C13H29BOSn. The van der Waals surface area contributed by atoms with Gasteiger partial charge in [-0.2, -0.15) is 0 Å². The van der Waals surface area contributed by atoms with E-state index in [1.54, 1.807) is 9.06 Å². The van der Waals surface area contributed by atoms with Crippen molar-refractivity contribution in [1.29, 1.82) is 0 Å². The zero-order chi connectivity index (χ0) is 12.8. The third kappa shape index (κ3) is 4.83. The number of methoxy groups -OCH3 is 1. The first kappa shape index (κ1) is 16.6. The van der Waals surface area contributed by atoms with Gasteiger partial charge >= 0.3 is 107 Å². The van der Waals surface area contributed by atoms with E-state index in [1.807, 2.05) is 7.11 Å². The van der Waals surface area contributed by atoms with Crippen molar-refractivity contribution in [3.63, 3.8) is 0 Å². The molecule has 0 aliphatic carbocycles. The summed E-state index contributed by atoms with van der Waals surface area (Å²) in [6.07, 6.45) is 3.75. The summed E-state index contributed by atoms with van der Waals surface area (Å²) in [6.45, 7) is 8.59. The Balaban J connectivity index is 5.30. The van der Waals surface area contributed by atoms with E-state index in [1.165, 1.54) is 19.1 Å². The van der Waals surface area contributed by atoms with Crippen LogP contribution in [0.1, 0.15) is 27.2 Å². The van der Waals surface area contributed by atoms with Gasteiger partial charge in [0.2, 0.25) is 0 Å². The summed E-state index contributed by atoms with van der Waals surface area (Å²) in [5.74, 6) is 0. The molecule has 0 amide bonds. The van der Waals surface area contributed by atoms with Gasteiger partial charge in [-0.15, -0.1) is 0 Å². The van der Waals surface area contributed by atoms with E-state index in [2.05, 4.69) is 35.6 Å². The zero-order valence-corrected chi connectivity index (χ0v) is 15.2. The molecule has 94 valence electrons. The van der Waals surface area contributed by atoms with Crippen LogP contribution in [-0.2, 0) is 4.74 Å². The van der Waals surface area contributed by atoms with Crippen molar-refractivity contribution in [3.8, 4) is 0 Å². The molecule has 0 saturated heterocycles. The van der Waals surface area contributed by atoms with E-state index in [9.17, 15) is 0 Å². The predicted octanol–water partition coefficient (Wildman–Crippen LogP) is 4.29. The Morgan fingerprint density at radius 3 is 1.81 bits per heavy atom. The first-order valence-electron chi connectivity index (χ1n) is 6.63. The van der Waals surface area contributed by atoms with Crippen LogP contribution in [0, 0.1) is 0 Å². The molecule has 0 atom stereocenters. The van der Waals surface area contributed by atoms with E-state index >= 15 is 0 Å². The molecule has 0 N–H and O–H groups in total.